The van der Waals surface area contributed by atoms with Crippen molar-refractivity contribution in [2.45, 2.75) is 6.42 Å². The summed E-state index contributed by atoms with van der Waals surface area (Å²) in [7, 11) is 0. The van der Waals surface area contributed by atoms with Gasteiger partial charge in [0.2, 0.25) is 0 Å². The second kappa shape index (κ2) is 5.14. The van der Waals surface area contributed by atoms with Crippen molar-refractivity contribution in [1.82, 2.24) is 4.98 Å². The number of anilines is 1. The van der Waals surface area contributed by atoms with E-state index in [0.29, 0.717) is 5.02 Å². The molecule has 0 amide bonds. The minimum atomic E-state index is 0.669. The van der Waals surface area contributed by atoms with Crippen LogP contribution in [0.3, 0.4) is 0 Å². The Balaban J connectivity index is 1.86. The predicted octanol–water partition coefficient (Wildman–Crippen LogP) is 3.45. The highest BCUT2D eigenvalue weighted by atomic mass is 35.5. The maximum absolute atomic E-state index is 5.96. The molecule has 2 rings (SSSR count). The lowest BCUT2D eigenvalue weighted by molar-refractivity contribution is 1.03. The Morgan fingerprint density at radius 2 is 2.33 bits per heavy atom. The molecule has 4 heteroatoms. The molecule has 0 bridgehead atoms. The van der Waals surface area contributed by atoms with Crippen molar-refractivity contribution in [2.75, 3.05) is 11.9 Å². The van der Waals surface area contributed by atoms with E-state index in [2.05, 4.69) is 27.1 Å². The Morgan fingerprint density at radius 1 is 1.40 bits per heavy atom. The number of nitrogens with one attached hydrogen (secondary N) is 1. The van der Waals surface area contributed by atoms with Gasteiger partial charge in [0, 0.05) is 18.9 Å². The quantitative estimate of drug-likeness (QED) is 0.883. The van der Waals surface area contributed by atoms with Crippen LogP contribution >= 0.6 is 22.9 Å². The Labute approximate surface area is 97.9 Å². The Morgan fingerprint density at radius 3 is 3.07 bits per heavy atom. The molecule has 0 aliphatic heterocycles. The zero-order chi connectivity index (χ0) is 10.5. The molecule has 2 nitrogen and oxygen atoms in total. The van der Waals surface area contributed by atoms with Gasteiger partial charge in [0.05, 0.1) is 10.7 Å². The molecule has 78 valence electrons. The lowest BCUT2D eigenvalue weighted by Crippen LogP contribution is -2.04. The van der Waals surface area contributed by atoms with Crippen molar-refractivity contribution in [1.29, 1.82) is 0 Å². The van der Waals surface area contributed by atoms with Crippen LogP contribution in [0.2, 0.25) is 5.02 Å². The fourth-order valence-corrected chi connectivity index (χ4v) is 2.18. The number of hydrogen-bond acceptors (Lipinski definition) is 3. The summed E-state index contributed by atoms with van der Waals surface area (Å²) in [5.41, 5.74) is 2.31. The van der Waals surface area contributed by atoms with Gasteiger partial charge < -0.3 is 5.32 Å². The van der Waals surface area contributed by atoms with E-state index < -0.39 is 0 Å². The second-order valence-corrected chi connectivity index (χ2v) is 4.35. The highest BCUT2D eigenvalue weighted by Gasteiger charge is 1.98. The molecule has 2 heterocycles. The number of pyridine rings is 1. The van der Waals surface area contributed by atoms with Crippen LogP contribution < -0.4 is 5.32 Å². The van der Waals surface area contributed by atoms with Crippen molar-refractivity contribution in [3.8, 4) is 0 Å². The van der Waals surface area contributed by atoms with E-state index in [1.165, 1.54) is 5.56 Å². The maximum Gasteiger partial charge on any atom is 0.0820 e. The van der Waals surface area contributed by atoms with Gasteiger partial charge in [-0.25, -0.2) is 0 Å². The van der Waals surface area contributed by atoms with E-state index in [9.17, 15) is 0 Å². The summed E-state index contributed by atoms with van der Waals surface area (Å²) >= 11 is 7.69. The first-order chi connectivity index (χ1) is 7.36. The highest BCUT2D eigenvalue weighted by Crippen LogP contribution is 2.19. The van der Waals surface area contributed by atoms with Crippen LogP contribution in [0.1, 0.15) is 5.56 Å². The summed E-state index contributed by atoms with van der Waals surface area (Å²) in [4.78, 5) is 3.93. The molecule has 0 saturated heterocycles. The van der Waals surface area contributed by atoms with Gasteiger partial charge in [-0.05, 0) is 34.9 Å². The molecule has 0 saturated carbocycles. The van der Waals surface area contributed by atoms with Crippen LogP contribution in [0, 0.1) is 0 Å². The van der Waals surface area contributed by atoms with Crippen LogP contribution in [-0.2, 0) is 6.42 Å². The van der Waals surface area contributed by atoms with Crippen molar-refractivity contribution in [3.63, 3.8) is 0 Å². The van der Waals surface area contributed by atoms with Crippen molar-refractivity contribution in [3.05, 3.63) is 45.9 Å². The van der Waals surface area contributed by atoms with Crippen molar-refractivity contribution in [2.24, 2.45) is 0 Å². The molecule has 0 atom stereocenters. The summed E-state index contributed by atoms with van der Waals surface area (Å²) < 4.78 is 0. The van der Waals surface area contributed by atoms with Gasteiger partial charge in [0.15, 0.2) is 0 Å². The second-order valence-electron chi connectivity index (χ2n) is 3.16. The zero-order valence-electron chi connectivity index (χ0n) is 8.11. The number of hydrogen-bond donors (Lipinski definition) is 1. The van der Waals surface area contributed by atoms with Crippen LogP contribution in [-0.4, -0.2) is 11.5 Å². The molecule has 15 heavy (non-hydrogen) atoms. The fraction of sp³-hybridized carbons (Fsp3) is 0.182. The third kappa shape index (κ3) is 2.94. The van der Waals surface area contributed by atoms with Crippen LogP contribution in [0.25, 0.3) is 0 Å². The topological polar surface area (TPSA) is 24.9 Å². The van der Waals surface area contributed by atoms with Crippen molar-refractivity contribution >= 4 is 28.6 Å². The van der Waals surface area contributed by atoms with Crippen molar-refractivity contribution < 1.29 is 0 Å². The fourth-order valence-electron chi connectivity index (χ4n) is 1.29. The SMILES string of the molecule is Clc1cnccc1NCCc1ccsc1. The normalized spacial score (nSPS) is 10.2. The smallest absolute Gasteiger partial charge is 0.0820 e. The Kier molecular flexibility index (Phi) is 3.59. The molecule has 0 aromatic carbocycles. The third-order valence-electron chi connectivity index (χ3n) is 2.08. The summed E-state index contributed by atoms with van der Waals surface area (Å²) in [6, 6.07) is 4.02. The van der Waals surface area contributed by atoms with E-state index in [1.807, 2.05) is 6.07 Å². The minimum absolute atomic E-state index is 0.669. The number of thiophene rings is 1. The number of aromatic nitrogens is 1. The van der Waals surface area contributed by atoms with E-state index in [-0.39, 0.29) is 0 Å². The third-order valence-corrected chi connectivity index (χ3v) is 3.11. The lowest BCUT2D eigenvalue weighted by atomic mass is 10.2. The first kappa shape index (κ1) is 10.5. The zero-order valence-corrected chi connectivity index (χ0v) is 9.68. The van der Waals surface area contributed by atoms with Gasteiger partial charge in [-0.2, -0.15) is 11.3 Å². The minimum Gasteiger partial charge on any atom is -0.383 e. The monoisotopic (exact) mass is 238 g/mol. The molecule has 2 aromatic heterocycles. The van der Waals surface area contributed by atoms with Crippen LogP contribution in [0.5, 0.6) is 0 Å². The number of nitrogens with zero attached hydrogens (tertiary/aromatic N) is 1. The molecule has 1 N–H and O–H groups in total. The summed E-state index contributed by atoms with van der Waals surface area (Å²) in [6.45, 7) is 0.889. The summed E-state index contributed by atoms with van der Waals surface area (Å²) in [6.07, 6.45) is 4.40. The molecular formula is C11H11ClN2S. The lowest BCUT2D eigenvalue weighted by Gasteiger charge is -2.06. The molecule has 0 aliphatic carbocycles. The Hall–Kier alpha value is -1.06. The molecule has 0 spiro atoms. The van der Waals surface area contributed by atoms with Gasteiger partial charge in [-0.1, -0.05) is 11.6 Å². The molecule has 0 aliphatic rings. The first-order valence-electron chi connectivity index (χ1n) is 4.71. The van der Waals surface area contributed by atoms with E-state index in [4.69, 9.17) is 11.6 Å². The standard InChI is InChI=1S/C11H11ClN2S/c12-10-7-13-4-2-11(10)14-5-1-9-3-6-15-8-9/h2-4,6-8H,1,5H2,(H,13,14). The van der Waals surface area contributed by atoms with Gasteiger partial charge in [0.25, 0.3) is 0 Å². The highest BCUT2D eigenvalue weighted by molar-refractivity contribution is 7.07. The predicted molar refractivity (Wildman–Crippen MR) is 65.8 cm³/mol. The van der Waals surface area contributed by atoms with Crippen LogP contribution in [0.4, 0.5) is 5.69 Å². The molecule has 0 fully saturated rings. The number of rotatable bonds is 4. The van der Waals surface area contributed by atoms with Gasteiger partial charge in [-0.15, -0.1) is 0 Å². The van der Waals surface area contributed by atoms with Crippen LogP contribution in [0.15, 0.2) is 35.3 Å². The first-order valence-corrected chi connectivity index (χ1v) is 6.03. The summed E-state index contributed by atoms with van der Waals surface area (Å²) in [5, 5.41) is 8.21. The average molecular weight is 239 g/mol. The molecular weight excluding hydrogens is 228 g/mol. The molecule has 0 radical (unpaired) electrons. The average Bonchev–Trinajstić information content (AvgIpc) is 2.74. The molecule has 0 unspecified atom stereocenters. The van der Waals surface area contributed by atoms with E-state index >= 15 is 0 Å². The largest absolute Gasteiger partial charge is 0.383 e. The van der Waals surface area contributed by atoms with E-state index in [0.717, 1.165) is 18.7 Å². The van der Waals surface area contributed by atoms with Gasteiger partial charge in [-0.3, -0.25) is 4.98 Å². The Bertz CT molecular complexity index is 414. The maximum atomic E-state index is 5.96. The number of halogens is 1. The van der Waals surface area contributed by atoms with Gasteiger partial charge >= 0.3 is 0 Å². The molecule has 2 aromatic rings. The van der Waals surface area contributed by atoms with Gasteiger partial charge in [0.1, 0.15) is 0 Å². The summed E-state index contributed by atoms with van der Waals surface area (Å²) in [5.74, 6) is 0. The van der Waals surface area contributed by atoms with E-state index in [1.54, 1.807) is 23.7 Å².